The van der Waals surface area contributed by atoms with Crippen molar-refractivity contribution < 1.29 is 17.6 Å². The molecule has 2 heterocycles. The summed E-state index contributed by atoms with van der Waals surface area (Å²) in [5, 5.41) is 10.6. The van der Waals surface area contributed by atoms with E-state index >= 15 is 0 Å². The summed E-state index contributed by atoms with van der Waals surface area (Å²) in [5.41, 5.74) is 1.23. The molecule has 10 heteroatoms. The molecule has 3 aromatic rings. The van der Waals surface area contributed by atoms with Gasteiger partial charge in [0.05, 0.1) is 10.1 Å². The topological polar surface area (TPSA) is 105 Å². The van der Waals surface area contributed by atoms with E-state index in [1.807, 2.05) is 30.3 Å². The van der Waals surface area contributed by atoms with Gasteiger partial charge in [0.15, 0.2) is 0 Å². The van der Waals surface area contributed by atoms with Crippen molar-refractivity contribution in [1.82, 2.24) is 14.5 Å². The highest BCUT2D eigenvalue weighted by Crippen LogP contribution is 2.27. The number of nitrogens with one attached hydrogen (secondary N) is 1. The van der Waals surface area contributed by atoms with E-state index in [1.165, 1.54) is 10.4 Å². The van der Waals surface area contributed by atoms with E-state index in [1.54, 1.807) is 25.1 Å². The zero-order chi connectivity index (χ0) is 22.6. The summed E-state index contributed by atoms with van der Waals surface area (Å²) in [6.45, 7) is 2.78. The number of amides is 1. The molecule has 1 aromatic heterocycles. The van der Waals surface area contributed by atoms with E-state index in [2.05, 4.69) is 15.5 Å². The van der Waals surface area contributed by atoms with Crippen LogP contribution in [0.15, 0.2) is 69.1 Å². The maximum Gasteiger partial charge on any atom is 0.277 e. The second-order valence-corrected chi connectivity index (χ2v) is 10.7. The number of hydrogen-bond donors (Lipinski definition) is 1. The zero-order valence-electron chi connectivity index (χ0n) is 17.6. The standard InChI is InChI=1S/C22H24N4O4S2/c1-16(31-22-25-24-21(30-22)17-9-4-2-5-10-17)20(27)23-18-11-8-12-19(15-18)32(28,29)26-13-6-3-7-14-26/h2,4-5,8-12,15-16H,3,6-7,13-14H2,1H3,(H,23,27). The van der Waals surface area contributed by atoms with Crippen molar-refractivity contribution in [2.75, 3.05) is 18.4 Å². The van der Waals surface area contributed by atoms with Gasteiger partial charge in [-0.3, -0.25) is 4.79 Å². The van der Waals surface area contributed by atoms with Crippen molar-refractivity contribution in [3.05, 3.63) is 54.6 Å². The molecular weight excluding hydrogens is 448 g/mol. The number of benzene rings is 2. The van der Waals surface area contributed by atoms with Crippen LogP contribution in [-0.4, -0.2) is 47.2 Å². The Hall–Kier alpha value is -2.69. The van der Waals surface area contributed by atoms with E-state index in [9.17, 15) is 13.2 Å². The van der Waals surface area contributed by atoms with Gasteiger partial charge in [0.2, 0.25) is 21.8 Å². The minimum absolute atomic E-state index is 0.182. The molecule has 0 spiro atoms. The Morgan fingerprint density at radius 3 is 2.56 bits per heavy atom. The second kappa shape index (κ2) is 9.85. The minimum Gasteiger partial charge on any atom is -0.411 e. The summed E-state index contributed by atoms with van der Waals surface area (Å²) in [6, 6.07) is 15.7. The third kappa shape index (κ3) is 5.20. The summed E-state index contributed by atoms with van der Waals surface area (Å²) in [7, 11) is -3.57. The van der Waals surface area contributed by atoms with Crippen molar-refractivity contribution in [3.8, 4) is 11.5 Å². The van der Waals surface area contributed by atoms with Crippen LogP contribution in [0.2, 0.25) is 0 Å². The Balaban J connectivity index is 1.40. The molecule has 1 atom stereocenters. The molecular formula is C22H24N4O4S2. The van der Waals surface area contributed by atoms with Gasteiger partial charge in [-0.1, -0.05) is 42.4 Å². The fourth-order valence-electron chi connectivity index (χ4n) is 3.39. The number of anilines is 1. The van der Waals surface area contributed by atoms with Crippen molar-refractivity contribution in [1.29, 1.82) is 0 Å². The van der Waals surface area contributed by atoms with E-state index < -0.39 is 15.3 Å². The number of thioether (sulfide) groups is 1. The van der Waals surface area contributed by atoms with Gasteiger partial charge in [-0.2, -0.15) is 4.31 Å². The van der Waals surface area contributed by atoms with Crippen molar-refractivity contribution in [2.45, 2.75) is 41.6 Å². The lowest BCUT2D eigenvalue weighted by atomic mass is 10.2. The Bertz CT molecular complexity index is 1180. The molecule has 168 valence electrons. The lowest BCUT2D eigenvalue weighted by Crippen LogP contribution is -2.35. The van der Waals surface area contributed by atoms with Crippen molar-refractivity contribution >= 4 is 33.4 Å². The van der Waals surface area contributed by atoms with Gasteiger partial charge in [0.1, 0.15) is 0 Å². The Morgan fingerprint density at radius 2 is 1.81 bits per heavy atom. The summed E-state index contributed by atoms with van der Waals surface area (Å²) in [4.78, 5) is 12.9. The first-order valence-electron chi connectivity index (χ1n) is 10.4. The van der Waals surface area contributed by atoms with Gasteiger partial charge in [0.25, 0.3) is 5.22 Å². The van der Waals surface area contributed by atoms with Crippen LogP contribution in [0.5, 0.6) is 0 Å². The van der Waals surface area contributed by atoms with Gasteiger partial charge in [0, 0.05) is 24.3 Å². The fourth-order valence-corrected chi connectivity index (χ4v) is 5.64. The van der Waals surface area contributed by atoms with Crippen molar-refractivity contribution in [2.24, 2.45) is 0 Å². The SMILES string of the molecule is CC(Sc1nnc(-c2ccccc2)o1)C(=O)Nc1cccc(S(=O)(=O)N2CCCCC2)c1. The van der Waals surface area contributed by atoms with Gasteiger partial charge in [-0.25, -0.2) is 8.42 Å². The monoisotopic (exact) mass is 472 g/mol. The van der Waals surface area contributed by atoms with Crippen LogP contribution in [0.4, 0.5) is 5.69 Å². The van der Waals surface area contributed by atoms with E-state index in [-0.39, 0.29) is 16.0 Å². The van der Waals surface area contributed by atoms with Crippen LogP contribution in [0.25, 0.3) is 11.5 Å². The molecule has 1 N–H and O–H groups in total. The van der Waals surface area contributed by atoms with Crippen LogP contribution < -0.4 is 5.32 Å². The third-order valence-electron chi connectivity index (χ3n) is 5.13. The average molecular weight is 473 g/mol. The largest absolute Gasteiger partial charge is 0.411 e. The first-order chi connectivity index (χ1) is 15.4. The number of hydrogen-bond acceptors (Lipinski definition) is 7. The second-order valence-electron chi connectivity index (χ2n) is 7.48. The highest BCUT2D eigenvalue weighted by atomic mass is 32.2. The van der Waals surface area contributed by atoms with Gasteiger partial charge in [-0.15, -0.1) is 10.2 Å². The Kier molecular flexibility index (Phi) is 6.92. The molecule has 4 rings (SSSR count). The maximum atomic E-state index is 12.9. The summed E-state index contributed by atoms with van der Waals surface area (Å²) < 4.78 is 33.0. The molecule has 0 bridgehead atoms. The number of carbonyl (C=O) groups excluding carboxylic acids is 1. The Morgan fingerprint density at radius 1 is 1.06 bits per heavy atom. The first kappa shape index (κ1) is 22.5. The normalized spacial score (nSPS) is 15.9. The van der Waals surface area contributed by atoms with Gasteiger partial charge >= 0.3 is 0 Å². The van der Waals surface area contributed by atoms with Crippen LogP contribution in [0.1, 0.15) is 26.2 Å². The number of carbonyl (C=O) groups is 1. The summed E-state index contributed by atoms with van der Waals surface area (Å²) in [5.74, 6) is 0.0957. The molecule has 2 aromatic carbocycles. The molecule has 0 radical (unpaired) electrons. The molecule has 1 fully saturated rings. The third-order valence-corrected chi connectivity index (χ3v) is 7.96. The number of nitrogens with zero attached hydrogens (tertiary/aromatic N) is 3. The fraction of sp³-hybridized carbons (Fsp3) is 0.318. The lowest BCUT2D eigenvalue weighted by Gasteiger charge is -2.26. The molecule has 1 aliphatic rings. The predicted octanol–water partition coefficient (Wildman–Crippen LogP) is 4.03. The quantitative estimate of drug-likeness (QED) is 0.518. The van der Waals surface area contributed by atoms with Crippen LogP contribution in [0, 0.1) is 0 Å². The molecule has 1 unspecified atom stereocenters. The van der Waals surface area contributed by atoms with Crippen LogP contribution >= 0.6 is 11.8 Å². The zero-order valence-corrected chi connectivity index (χ0v) is 19.2. The lowest BCUT2D eigenvalue weighted by molar-refractivity contribution is -0.115. The van der Waals surface area contributed by atoms with E-state index in [0.717, 1.165) is 36.6 Å². The smallest absolute Gasteiger partial charge is 0.277 e. The number of rotatable bonds is 7. The highest BCUT2D eigenvalue weighted by Gasteiger charge is 2.26. The van der Waals surface area contributed by atoms with Crippen LogP contribution in [-0.2, 0) is 14.8 Å². The van der Waals surface area contributed by atoms with E-state index in [4.69, 9.17) is 4.42 Å². The summed E-state index contributed by atoms with van der Waals surface area (Å²) in [6.07, 6.45) is 2.78. The highest BCUT2D eigenvalue weighted by molar-refractivity contribution is 8.00. The Labute approximate surface area is 191 Å². The molecule has 1 aliphatic heterocycles. The van der Waals surface area contributed by atoms with Gasteiger partial charge < -0.3 is 9.73 Å². The first-order valence-corrected chi connectivity index (χ1v) is 12.7. The van der Waals surface area contributed by atoms with E-state index in [0.29, 0.717) is 24.7 Å². The number of piperidine rings is 1. The molecule has 8 nitrogen and oxygen atoms in total. The van der Waals surface area contributed by atoms with Crippen LogP contribution in [0.3, 0.4) is 0 Å². The molecule has 0 saturated carbocycles. The molecule has 1 amide bonds. The number of aromatic nitrogens is 2. The average Bonchev–Trinajstić information content (AvgIpc) is 3.29. The maximum absolute atomic E-state index is 12.9. The van der Waals surface area contributed by atoms with Gasteiger partial charge in [-0.05, 0) is 50.1 Å². The number of sulfonamides is 1. The van der Waals surface area contributed by atoms with Crippen molar-refractivity contribution in [3.63, 3.8) is 0 Å². The summed E-state index contributed by atoms with van der Waals surface area (Å²) >= 11 is 1.14. The minimum atomic E-state index is -3.57. The molecule has 32 heavy (non-hydrogen) atoms. The molecule has 0 aliphatic carbocycles. The predicted molar refractivity (Wildman–Crippen MR) is 123 cm³/mol. The molecule has 1 saturated heterocycles.